The van der Waals surface area contributed by atoms with Crippen molar-refractivity contribution in [3.63, 3.8) is 0 Å². The lowest BCUT2D eigenvalue weighted by Crippen LogP contribution is -2.60. The molecule has 0 spiro atoms. The summed E-state index contributed by atoms with van der Waals surface area (Å²) in [5.74, 6) is 0.882. The fourth-order valence-electron chi connectivity index (χ4n) is 3.92. The number of aliphatic hydroxyl groups excluding tert-OH is 1. The Labute approximate surface area is 121 Å². The molecule has 3 heteroatoms. The van der Waals surface area contributed by atoms with Gasteiger partial charge in [0, 0.05) is 23.1 Å². The highest BCUT2D eigenvalue weighted by Crippen LogP contribution is 2.48. The van der Waals surface area contributed by atoms with Crippen molar-refractivity contribution >= 4 is 0 Å². The van der Waals surface area contributed by atoms with Gasteiger partial charge >= 0.3 is 0 Å². The number of hydrogen-bond acceptors (Lipinski definition) is 3. The summed E-state index contributed by atoms with van der Waals surface area (Å²) < 4.78 is 0. The van der Waals surface area contributed by atoms with E-state index in [1.54, 1.807) is 0 Å². The van der Waals surface area contributed by atoms with Gasteiger partial charge in [0.05, 0.1) is 6.10 Å². The zero-order chi connectivity index (χ0) is 14.7. The van der Waals surface area contributed by atoms with E-state index in [1.165, 1.54) is 11.1 Å². The molecule has 1 fully saturated rings. The van der Waals surface area contributed by atoms with Crippen molar-refractivity contribution in [1.82, 2.24) is 5.32 Å². The van der Waals surface area contributed by atoms with Gasteiger partial charge in [0.15, 0.2) is 0 Å². The van der Waals surface area contributed by atoms with Crippen LogP contribution in [0.3, 0.4) is 0 Å². The van der Waals surface area contributed by atoms with E-state index in [0.29, 0.717) is 17.7 Å². The molecule has 0 saturated heterocycles. The minimum absolute atomic E-state index is 0.0779. The maximum atomic E-state index is 10.2. The highest BCUT2D eigenvalue weighted by molar-refractivity contribution is 5.51. The molecule has 4 atom stereocenters. The molecule has 0 radical (unpaired) electrons. The number of hydrogen-bond donors (Lipinski definition) is 3. The minimum atomic E-state index is -0.218. The third-order valence-corrected chi connectivity index (χ3v) is 5.53. The first-order valence-electron chi connectivity index (χ1n) is 7.58. The molecule has 0 bridgehead atoms. The number of phenolic OH excluding ortho intramolecular Hbond substituents is 1. The summed E-state index contributed by atoms with van der Waals surface area (Å²) in [6.45, 7) is 8.56. The molecule has 3 rings (SSSR count). The summed E-state index contributed by atoms with van der Waals surface area (Å²) in [6, 6.07) is 4.34. The van der Waals surface area contributed by atoms with E-state index in [0.717, 1.165) is 18.4 Å². The van der Waals surface area contributed by atoms with Gasteiger partial charge < -0.3 is 15.5 Å². The molecule has 3 nitrogen and oxygen atoms in total. The Morgan fingerprint density at radius 1 is 1.20 bits per heavy atom. The van der Waals surface area contributed by atoms with E-state index < -0.39 is 0 Å². The Morgan fingerprint density at radius 3 is 2.50 bits per heavy atom. The quantitative estimate of drug-likeness (QED) is 0.777. The molecule has 1 aromatic rings. The van der Waals surface area contributed by atoms with E-state index in [2.05, 4.69) is 33.0 Å². The number of rotatable bonds is 2. The van der Waals surface area contributed by atoms with Crippen LogP contribution in [0.15, 0.2) is 12.1 Å². The molecule has 1 aromatic carbocycles. The third-order valence-electron chi connectivity index (χ3n) is 5.53. The van der Waals surface area contributed by atoms with Gasteiger partial charge in [-0.3, -0.25) is 0 Å². The lowest BCUT2D eigenvalue weighted by Gasteiger charge is -2.50. The molecule has 0 aliphatic heterocycles. The van der Waals surface area contributed by atoms with Crippen LogP contribution in [0.2, 0.25) is 0 Å². The summed E-state index contributed by atoms with van der Waals surface area (Å²) in [5, 5.41) is 23.8. The Kier molecular flexibility index (Phi) is 3.11. The second-order valence-electron chi connectivity index (χ2n) is 7.21. The van der Waals surface area contributed by atoms with Gasteiger partial charge in [-0.2, -0.15) is 0 Å². The fourth-order valence-corrected chi connectivity index (χ4v) is 3.92. The Morgan fingerprint density at radius 2 is 1.90 bits per heavy atom. The standard InChI is InChI=1S/C17H25NO2/c1-9-5-6-12(19)16-11(7-10(2)15(9)16)18-13-8-14(20)17(13,3)4/h5-6,10-11,13-14,18-20H,7-8H2,1-4H3. The molecule has 4 unspecified atom stereocenters. The Hall–Kier alpha value is -1.06. The number of nitrogens with one attached hydrogen (secondary N) is 1. The van der Waals surface area contributed by atoms with Gasteiger partial charge in [0.1, 0.15) is 5.75 Å². The van der Waals surface area contributed by atoms with Crippen LogP contribution in [-0.4, -0.2) is 22.4 Å². The van der Waals surface area contributed by atoms with Crippen LogP contribution < -0.4 is 5.32 Å². The maximum Gasteiger partial charge on any atom is 0.120 e. The highest BCUT2D eigenvalue weighted by Gasteiger charge is 2.48. The van der Waals surface area contributed by atoms with Gasteiger partial charge in [-0.05, 0) is 42.9 Å². The number of aliphatic hydroxyl groups is 1. The van der Waals surface area contributed by atoms with Crippen molar-refractivity contribution < 1.29 is 10.2 Å². The summed E-state index contributed by atoms with van der Waals surface area (Å²) >= 11 is 0. The molecule has 0 amide bonds. The molecule has 0 aromatic heterocycles. The van der Waals surface area contributed by atoms with Crippen LogP contribution in [0, 0.1) is 12.3 Å². The SMILES string of the molecule is Cc1ccc(O)c2c1C(C)CC2NC1CC(O)C1(C)C. The summed E-state index contributed by atoms with van der Waals surface area (Å²) in [5.41, 5.74) is 3.57. The highest BCUT2D eigenvalue weighted by atomic mass is 16.3. The largest absolute Gasteiger partial charge is 0.508 e. The third kappa shape index (κ3) is 1.87. The second-order valence-corrected chi connectivity index (χ2v) is 7.21. The van der Waals surface area contributed by atoms with Crippen molar-refractivity contribution in [1.29, 1.82) is 0 Å². The zero-order valence-corrected chi connectivity index (χ0v) is 12.8. The first-order chi connectivity index (χ1) is 9.32. The lowest BCUT2D eigenvalue weighted by molar-refractivity contribution is -0.0761. The second kappa shape index (κ2) is 4.47. The maximum absolute atomic E-state index is 10.2. The van der Waals surface area contributed by atoms with E-state index in [4.69, 9.17) is 0 Å². The van der Waals surface area contributed by atoms with Crippen LogP contribution >= 0.6 is 0 Å². The molecule has 1 saturated carbocycles. The van der Waals surface area contributed by atoms with E-state index >= 15 is 0 Å². The lowest BCUT2D eigenvalue weighted by atomic mass is 9.64. The number of phenols is 1. The predicted molar refractivity (Wildman–Crippen MR) is 79.9 cm³/mol. The number of benzene rings is 1. The monoisotopic (exact) mass is 275 g/mol. The molecular weight excluding hydrogens is 250 g/mol. The van der Waals surface area contributed by atoms with Gasteiger partial charge in [-0.25, -0.2) is 0 Å². The summed E-state index contributed by atoms with van der Waals surface area (Å²) in [7, 11) is 0. The number of fused-ring (bicyclic) bond motifs is 1. The van der Waals surface area contributed by atoms with Crippen LogP contribution in [-0.2, 0) is 0 Å². The van der Waals surface area contributed by atoms with Crippen molar-refractivity contribution in [2.24, 2.45) is 5.41 Å². The smallest absolute Gasteiger partial charge is 0.120 e. The van der Waals surface area contributed by atoms with E-state index in [-0.39, 0.29) is 17.6 Å². The topological polar surface area (TPSA) is 52.5 Å². The molecular formula is C17H25NO2. The summed E-state index contributed by atoms with van der Waals surface area (Å²) in [4.78, 5) is 0. The Balaban J connectivity index is 1.87. The first kappa shape index (κ1) is 13.9. The predicted octanol–water partition coefficient (Wildman–Crippen LogP) is 3.00. The zero-order valence-electron chi connectivity index (χ0n) is 12.8. The van der Waals surface area contributed by atoms with E-state index in [1.807, 2.05) is 12.1 Å². The number of aromatic hydroxyl groups is 1. The van der Waals surface area contributed by atoms with Crippen molar-refractivity contribution in [3.8, 4) is 5.75 Å². The average Bonchev–Trinajstić information content (AvgIpc) is 2.72. The first-order valence-corrected chi connectivity index (χ1v) is 7.58. The van der Waals surface area contributed by atoms with E-state index in [9.17, 15) is 10.2 Å². The average molecular weight is 275 g/mol. The van der Waals surface area contributed by atoms with Crippen LogP contribution in [0.25, 0.3) is 0 Å². The van der Waals surface area contributed by atoms with Gasteiger partial charge in [0.2, 0.25) is 0 Å². The summed E-state index contributed by atoms with van der Waals surface area (Å²) in [6.07, 6.45) is 1.61. The molecule has 110 valence electrons. The van der Waals surface area contributed by atoms with Crippen LogP contribution in [0.1, 0.15) is 62.3 Å². The van der Waals surface area contributed by atoms with Crippen LogP contribution in [0.4, 0.5) is 0 Å². The normalized spacial score (nSPS) is 34.6. The molecule has 2 aliphatic rings. The fraction of sp³-hybridized carbons (Fsp3) is 0.647. The molecule has 3 N–H and O–H groups in total. The molecule has 2 aliphatic carbocycles. The van der Waals surface area contributed by atoms with Gasteiger partial charge in [-0.1, -0.05) is 26.8 Å². The molecule has 20 heavy (non-hydrogen) atoms. The number of aryl methyl sites for hydroxylation is 1. The van der Waals surface area contributed by atoms with Crippen molar-refractivity contribution in [2.75, 3.05) is 0 Å². The van der Waals surface area contributed by atoms with Crippen molar-refractivity contribution in [3.05, 3.63) is 28.8 Å². The molecule has 0 heterocycles. The van der Waals surface area contributed by atoms with Gasteiger partial charge in [0.25, 0.3) is 0 Å². The Bertz CT molecular complexity index is 538. The van der Waals surface area contributed by atoms with Crippen molar-refractivity contribution in [2.45, 2.75) is 64.6 Å². The minimum Gasteiger partial charge on any atom is -0.508 e. The van der Waals surface area contributed by atoms with Crippen LogP contribution in [0.5, 0.6) is 5.75 Å². The van der Waals surface area contributed by atoms with Gasteiger partial charge in [-0.15, -0.1) is 0 Å².